The van der Waals surface area contributed by atoms with E-state index in [2.05, 4.69) is 26.2 Å². The third-order valence-electron chi connectivity index (χ3n) is 3.68. The van der Waals surface area contributed by atoms with E-state index in [0.717, 1.165) is 18.4 Å². The maximum atomic E-state index is 12.9. The van der Waals surface area contributed by atoms with Crippen LogP contribution < -0.4 is 0 Å². The zero-order valence-corrected chi connectivity index (χ0v) is 13.9. The van der Waals surface area contributed by atoms with Crippen molar-refractivity contribution in [3.05, 3.63) is 40.5 Å². The van der Waals surface area contributed by atoms with E-state index in [-0.39, 0.29) is 15.7 Å². The Balaban J connectivity index is 2.03. The molecule has 21 heavy (non-hydrogen) atoms. The molecule has 0 radical (unpaired) electrons. The molecule has 0 N–H and O–H groups in total. The van der Waals surface area contributed by atoms with Crippen molar-refractivity contribution >= 4 is 26.0 Å². The van der Waals surface area contributed by atoms with Gasteiger partial charge in [-0.15, -0.1) is 5.10 Å². The number of halogens is 1. The largest absolute Gasteiger partial charge is 0.263 e. The zero-order valence-electron chi connectivity index (χ0n) is 11.5. The second-order valence-corrected chi connectivity index (χ2v) is 7.55. The van der Waals surface area contributed by atoms with Crippen molar-refractivity contribution in [1.29, 1.82) is 0 Å². The predicted molar refractivity (Wildman–Crippen MR) is 81.0 cm³/mol. The van der Waals surface area contributed by atoms with E-state index < -0.39 is 10.0 Å². The lowest BCUT2D eigenvalue weighted by molar-refractivity contribution is 0.391. The van der Waals surface area contributed by atoms with Crippen molar-refractivity contribution in [2.24, 2.45) is 7.05 Å². The van der Waals surface area contributed by atoms with Crippen molar-refractivity contribution in [3.63, 3.8) is 0 Å². The monoisotopic (exact) mass is 370 g/mol. The van der Waals surface area contributed by atoms with E-state index in [4.69, 9.17) is 0 Å². The number of hydrogen-bond donors (Lipinski definition) is 0. The molecule has 1 unspecified atom stereocenters. The van der Waals surface area contributed by atoms with Crippen molar-refractivity contribution in [1.82, 2.24) is 19.3 Å². The highest BCUT2D eigenvalue weighted by Gasteiger charge is 2.39. The molecule has 1 aliphatic heterocycles. The van der Waals surface area contributed by atoms with E-state index >= 15 is 0 Å². The fraction of sp³-hybridized carbons (Fsp3) is 0.385. The quantitative estimate of drug-likeness (QED) is 0.829. The molecular formula is C13H15BrN4O2S. The van der Waals surface area contributed by atoms with Gasteiger partial charge >= 0.3 is 0 Å². The molecular weight excluding hydrogens is 356 g/mol. The van der Waals surface area contributed by atoms with Crippen LogP contribution in [0.1, 0.15) is 24.4 Å². The van der Waals surface area contributed by atoms with Crippen LogP contribution in [0.4, 0.5) is 0 Å². The third-order valence-corrected chi connectivity index (χ3v) is 6.48. The molecule has 1 fully saturated rings. The molecule has 6 nitrogen and oxygen atoms in total. The number of aryl methyl sites for hydroxylation is 1. The summed E-state index contributed by atoms with van der Waals surface area (Å²) < 4.78 is 28.9. The maximum absolute atomic E-state index is 12.9. The highest BCUT2D eigenvalue weighted by atomic mass is 79.9. The average molecular weight is 371 g/mol. The van der Waals surface area contributed by atoms with E-state index in [1.165, 1.54) is 4.68 Å². The molecule has 1 aliphatic rings. The molecule has 0 bridgehead atoms. The summed E-state index contributed by atoms with van der Waals surface area (Å²) >= 11 is 3.18. The van der Waals surface area contributed by atoms with E-state index in [1.54, 1.807) is 11.4 Å². The fourth-order valence-electron chi connectivity index (χ4n) is 2.74. The molecule has 2 aromatic rings. The third kappa shape index (κ3) is 2.51. The number of hydrogen-bond acceptors (Lipinski definition) is 4. The van der Waals surface area contributed by atoms with Crippen molar-refractivity contribution < 1.29 is 8.42 Å². The lowest BCUT2D eigenvalue weighted by Crippen LogP contribution is -2.32. The Morgan fingerprint density at radius 3 is 2.62 bits per heavy atom. The van der Waals surface area contributed by atoms with Crippen molar-refractivity contribution in [3.8, 4) is 0 Å². The molecule has 0 spiro atoms. The topological polar surface area (TPSA) is 68.1 Å². The Kier molecular flexibility index (Phi) is 3.85. The van der Waals surface area contributed by atoms with Gasteiger partial charge in [0.2, 0.25) is 5.03 Å². The molecule has 112 valence electrons. The Hall–Kier alpha value is -1.25. The first kappa shape index (κ1) is 14.7. The maximum Gasteiger partial charge on any atom is 0.263 e. The summed E-state index contributed by atoms with van der Waals surface area (Å²) in [6.07, 6.45) is 1.67. The lowest BCUT2D eigenvalue weighted by Gasteiger charge is -2.24. The molecule has 1 atom stereocenters. The van der Waals surface area contributed by atoms with Gasteiger partial charge in [0.15, 0.2) is 4.60 Å². The number of sulfonamides is 1. The van der Waals surface area contributed by atoms with E-state index in [1.807, 2.05) is 30.3 Å². The number of aromatic nitrogens is 3. The van der Waals surface area contributed by atoms with Crippen LogP contribution in [0.5, 0.6) is 0 Å². The molecule has 2 heterocycles. The van der Waals surface area contributed by atoms with E-state index in [9.17, 15) is 8.42 Å². The highest BCUT2D eigenvalue weighted by molar-refractivity contribution is 9.10. The van der Waals surface area contributed by atoms with Gasteiger partial charge in [0.05, 0.1) is 6.04 Å². The van der Waals surface area contributed by atoms with Crippen LogP contribution in [-0.2, 0) is 17.1 Å². The van der Waals surface area contributed by atoms with Gasteiger partial charge in [-0.1, -0.05) is 35.5 Å². The minimum absolute atomic E-state index is 0.102. The second kappa shape index (κ2) is 5.51. The van der Waals surface area contributed by atoms with E-state index in [0.29, 0.717) is 6.54 Å². The normalized spacial score (nSPS) is 20.0. The summed E-state index contributed by atoms with van der Waals surface area (Å²) in [7, 11) is -2.05. The van der Waals surface area contributed by atoms with Crippen molar-refractivity contribution in [2.45, 2.75) is 23.9 Å². The van der Waals surface area contributed by atoms with Crippen LogP contribution in [0.15, 0.2) is 40.0 Å². The van der Waals surface area contributed by atoms with Crippen LogP contribution in [0, 0.1) is 0 Å². The Bertz CT molecular complexity index is 725. The molecule has 3 rings (SSSR count). The van der Waals surface area contributed by atoms with Crippen LogP contribution in [0.25, 0.3) is 0 Å². The second-order valence-electron chi connectivity index (χ2n) is 4.99. The first-order chi connectivity index (χ1) is 10.0. The van der Waals surface area contributed by atoms with Gasteiger partial charge in [-0.25, -0.2) is 13.1 Å². The van der Waals surface area contributed by atoms with Gasteiger partial charge in [-0.3, -0.25) is 0 Å². The van der Waals surface area contributed by atoms with Crippen LogP contribution in [-0.4, -0.2) is 34.3 Å². The summed E-state index contributed by atoms with van der Waals surface area (Å²) in [6, 6.07) is 9.60. The van der Waals surface area contributed by atoms with Gasteiger partial charge < -0.3 is 0 Å². The van der Waals surface area contributed by atoms with Gasteiger partial charge in [0.25, 0.3) is 10.0 Å². The lowest BCUT2D eigenvalue weighted by atomic mass is 10.1. The SMILES string of the molecule is Cn1nnc(Br)c1S(=O)(=O)N1CCCC1c1ccccc1. The average Bonchev–Trinajstić information content (AvgIpc) is 3.07. The molecule has 1 saturated heterocycles. The zero-order chi connectivity index (χ0) is 15.0. The summed E-state index contributed by atoms with van der Waals surface area (Å²) in [5.41, 5.74) is 1.02. The molecule has 1 aromatic heterocycles. The first-order valence-electron chi connectivity index (χ1n) is 6.64. The van der Waals surface area contributed by atoms with Crippen LogP contribution >= 0.6 is 15.9 Å². The number of benzene rings is 1. The van der Waals surface area contributed by atoms with Gasteiger partial charge in [-0.05, 0) is 34.3 Å². The summed E-state index contributed by atoms with van der Waals surface area (Å²) in [4.78, 5) is 0. The molecule has 8 heteroatoms. The Labute approximate surface area is 131 Å². The van der Waals surface area contributed by atoms with Crippen molar-refractivity contribution in [2.75, 3.05) is 6.54 Å². The summed E-state index contributed by atoms with van der Waals surface area (Å²) in [5.74, 6) is 0. The minimum Gasteiger partial charge on any atom is -0.235 e. The standard InChI is InChI=1S/C13H15BrN4O2S/c1-17-13(12(14)15-16-17)21(19,20)18-9-5-8-11(18)10-6-3-2-4-7-10/h2-4,6-7,11H,5,8-9H2,1H3. The first-order valence-corrected chi connectivity index (χ1v) is 8.87. The molecule has 1 aromatic carbocycles. The number of nitrogens with zero attached hydrogens (tertiary/aromatic N) is 4. The fourth-order valence-corrected chi connectivity index (χ4v) is 5.46. The smallest absolute Gasteiger partial charge is 0.235 e. The van der Waals surface area contributed by atoms with Gasteiger partial charge in [0.1, 0.15) is 0 Å². The van der Waals surface area contributed by atoms with Crippen LogP contribution in [0.3, 0.4) is 0 Å². The Morgan fingerprint density at radius 1 is 1.29 bits per heavy atom. The summed E-state index contributed by atoms with van der Waals surface area (Å²) in [6.45, 7) is 0.513. The number of rotatable bonds is 3. The van der Waals surface area contributed by atoms with Crippen LogP contribution in [0.2, 0.25) is 0 Å². The highest BCUT2D eigenvalue weighted by Crippen LogP contribution is 2.37. The molecule has 0 saturated carbocycles. The summed E-state index contributed by atoms with van der Waals surface area (Å²) in [5, 5.41) is 7.64. The predicted octanol–water partition coefficient (Wildman–Crippen LogP) is 2.10. The minimum atomic E-state index is -3.63. The Morgan fingerprint density at radius 2 is 2.00 bits per heavy atom. The van der Waals surface area contributed by atoms with Gasteiger partial charge in [-0.2, -0.15) is 4.31 Å². The molecule has 0 aliphatic carbocycles. The van der Waals surface area contributed by atoms with Gasteiger partial charge in [0, 0.05) is 13.6 Å². The molecule has 0 amide bonds.